The highest BCUT2D eigenvalue weighted by atomic mass is 19.4. The Bertz CT molecular complexity index is 733. The Morgan fingerprint density at radius 3 is 2.70 bits per heavy atom. The van der Waals surface area contributed by atoms with Crippen LogP contribution in [0.15, 0.2) is 12.1 Å². The van der Waals surface area contributed by atoms with Crippen molar-refractivity contribution < 1.29 is 32.2 Å². The molecule has 2 heterocycles. The van der Waals surface area contributed by atoms with Crippen LogP contribution in [0.1, 0.15) is 22.8 Å². The fraction of sp³-hybridized carbons (Fsp3) is 0.529. The summed E-state index contributed by atoms with van der Waals surface area (Å²) in [7, 11) is 0. The molecule has 2 aliphatic rings. The number of carboxylic acids is 1. The van der Waals surface area contributed by atoms with Crippen molar-refractivity contribution in [3.63, 3.8) is 0 Å². The number of nitrogens with zero attached hydrogens (tertiary/aromatic N) is 2. The molecule has 3 rings (SSSR count). The first-order valence-corrected chi connectivity index (χ1v) is 8.20. The van der Waals surface area contributed by atoms with E-state index in [1.54, 1.807) is 13.0 Å². The number of hydrogen-bond donors (Lipinski definition) is 2. The van der Waals surface area contributed by atoms with Crippen molar-refractivity contribution in [2.24, 2.45) is 0 Å². The van der Waals surface area contributed by atoms with Gasteiger partial charge in [-0.2, -0.15) is 18.4 Å². The van der Waals surface area contributed by atoms with Crippen LogP contribution in [0, 0.1) is 24.1 Å². The maximum absolute atomic E-state index is 13.6. The second-order valence-electron chi connectivity index (χ2n) is 6.23. The topological polar surface area (TPSA) is 85.6 Å². The average Bonchev–Trinajstić information content (AvgIpc) is 2.61. The van der Waals surface area contributed by atoms with E-state index in [9.17, 15) is 17.6 Å². The Hall–Kier alpha value is -2.22. The fourth-order valence-corrected chi connectivity index (χ4v) is 3.07. The van der Waals surface area contributed by atoms with Crippen molar-refractivity contribution in [2.45, 2.75) is 25.2 Å². The minimum Gasteiger partial charge on any atom is -0.475 e. The third-order valence-corrected chi connectivity index (χ3v) is 4.52. The first-order chi connectivity index (χ1) is 12.6. The van der Waals surface area contributed by atoms with E-state index in [2.05, 4.69) is 10.2 Å². The number of hydrogen-bond acceptors (Lipinski definition) is 5. The van der Waals surface area contributed by atoms with Gasteiger partial charge in [-0.05, 0) is 24.1 Å². The lowest BCUT2D eigenvalue weighted by molar-refractivity contribution is -0.192. The SMILES string of the molecule is Cc1c([C@@H]2CN3CCNC[C@H]3CO2)ccc(F)c1C#N.O=C(O)C(F)(F)F. The van der Waals surface area contributed by atoms with Crippen LogP contribution in [-0.4, -0.2) is 61.0 Å². The summed E-state index contributed by atoms with van der Waals surface area (Å²) in [6, 6.07) is 5.49. The first-order valence-electron chi connectivity index (χ1n) is 8.20. The molecule has 2 fully saturated rings. The first kappa shape index (κ1) is 21.1. The predicted molar refractivity (Wildman–Crippen MR) is 86.5 cm³/mol. The zero-order chi connectivity index (χ0) is 20.2. The van der Waals surface area contributed by atoms with E-state index in [1.165, 1.54) is 6.07 Å². The van der Waals surface area contributed by atoms with Crippen molar-refractivity contribution in [3.8, 4) is 6.07 Å². The Kier molecular flexibility index (Phi) is 6.75. The van der Waals surface area contributed by atoms with E-state index in [0.29, 0.717) is 18.2 Å². The molecule has 0 aliphatic carbocycles. The van der Waals surface area contributed by atoms with Gasteiger partial charge in [0.25, 0.3) is 0 Å². The number of nitrogens with one attached hydrogen (secondary N) is 1. The smallest absolute Gasteiger partial charge is 0.475 e. The van der Waals surface area contributed by atoms with E-state index < -0.39 is 18.0 Å². The number of nitriles is 1. The van der Waals surface area contributed by atoms with E-state index in [0.717, 1.165) is 31.7 Å². The molecule has 0 spiro atoms. The molecule has 2 aliphatic heterocycles. The highest BCUT2D eigenvalue weighted by Crippen LogP contribution is 2.29. The Labute approximate surface area is 153 Å². The van der Waals surface area contributed by atoms with E-state index in [4.69, 9.17) is 19.9 Å². The van der Waals surface area contributed by atoms with Gasteiger partial charge >= 0.3 is 12.1 Å². The fourth-order valence-electron chi connectivity index (χ4n) is 3.07. The molecule has 0 unspecified atom stereocenters. The van der Waals surface area contributed by atoms with Crippen LogP contribution < -0.4 is 5.32 Å². The zero-order valence-corrected chi connectivity index (χ0v) is 14.5. The average molecular weight is 389 g/mol. The summed E-state index contributed by atoms with van der Waals surface area (Å²) in [4.78, 5) is 11.3. The van der Waals surface area contributed by atoms with Crippen molar-refractivity contribution in [1.82, 2.24) is 10.2 Å². The zero-order valence-electron chi connectivity index (χ0n) is 14.5. The van der Waals surface area contributed by atoms with Gasteiger partial charge in [0.2, 0.25) is 0 Å². The molecule has 6 nitrogen and oxygen atoms in total. The summed E-state index contributed by atoms with van der Waals surface area (Å²) in [5.74, 6) is -3.21. The summed E-state index contributed by atoms with van der Waals surface area (Å²) >= 11 is 0. The molecular weight excluding hydrogens is 370 g/mol. The maximum atomic E-state index is 13.6. The quantitative estimate of drug-likeness (QED) is 0.715. The number of ether oxygens (including phenoxy) is 1. The molecule has 0 amide bonds. The summed E-state index contributed by atoms with van der Waals surface area (Å²) in [5.41, 5.74) is 1.76. The van der Waals surface area contributed by atoms with E-state index >= 15 is 0 Å². The number of rotatable bonds is 1. The van der Waals surface area contributed by atoms with Crippen molar-refractivity contribution in [2.75, 3.05) is 32.8 Å². The molecule has 0 aromatic heterocycles. The van der Waals surface area contributed by atoms with E-state index in [1.807, 2.05) is 6.07 Å². The number of halogens is 4. The molecule has 1 aromatic rings. The van der Waals surface area contributed by atoms with Crippen LogP contribution in [0.3, 0.4) is 0 Å². The minimum atomic E-state index is -5.08. The largest absolute Gasteiger partial charge is 0.490 e. The van der Waals surface area contributed by atoms with Crippen molar-refractivity contribution >= 4 is 5.97 Å². The lowest BCUT2D eigenvalue weighted by Gasteiger charge is -2.43. The van der Waals surface area contributed by atoms with Gasteiger partial charge in [-0.15, -0.1) is 0 Å². The predicted octanol–water partition coefficient (Wildman–Crippen LogP) is 1.98. The molecule has 0 bridgehead atoms. The van der Waals surface area contributed by atoms with Crippen LogP contribution in [0.4, 0.5) is 17.6 Å². The van der Waals surface area contributed by atoms with Gasteiger partial charge in [0.05, 0.1) is 18.3 Å². The van der Waals surface area contributed by atoms with Gasteiger partial charge in [-0.3, -0.25) is 4.90 Å². The van der Waals surface area contributed by atoms with E-state index in [-0.39, 0.29) is 11.7 Å². The standard InChI is InChI=1S/C15H18FN3O.C2HF3O2/c1-10-12(2-3-14(16)13(10)6-17)15-8-19-5-4-18-7-11(19)9-20-15;3-2(4,5)1(6)7/h2-3,11,15,18H,4-5,7-9H2,1H3;(H,6,7)/t11-,15-;/m0./s1. The van der Waals surface area contributed by atoms with Crippen LogP contribution in [0.25, 0.3) is 0 Å². The maximum Gasteiger partial charge on any atom is 0.490 e. The number of alkyl halides is 3. The van der Waals surface area contributed by atoms with Crippen LogP contribution in [-0.2, 0) is 9.53 Å². The molecule has 2 atom stereocenters. The number of carboxylic acid groups (broad SMARTS) is 1. The lowest BCUT2D eigenvalue weighted by Crippen LogP contribution is -2.57. The summed E-state index contributed by atoms with van der Waals surface area (Å²) in [5, 5.41) is 19.5. The molecule has 2 saturated heterocycles. The van der Waals surface area contributed by atoms with Crippen LogP contribution in [0.5, 0.6) is 0 Å². The molecule has 0 saturated carbocycles. The van der Waals surface area contributed by atoms with Gasteiger partial charge in [0.15, 0.2) is 0 Å². The number of fused-ring (bicyclic) bond motifs is 1. The third kappa shape index (κ3) is 5.15. The van der Waals surface area contributed by atoms with Crippen molar-refractivity contribution in [1.29, 1.82) is 5.26 Å². The van der Waals surface area contributed by atoms with Gasteiger partial charge in [0.1, 0.15) is 11.9 Å². The summed E-state index contributed by atoms with van der Waals surface area (Å²) in [6.07, 6.45) is -5.16. The number of piperazine rings is 1. The number of aliphatic carboxylic acids is 1. The second-order valence-corrected chi connectivity index (χ2v) is 6.23. The van der Waals surface area contributed by atoms with Crippen LogP contribution in [0.2, 0.25) is 0 Å². The number of morpholine rings is 1. The minimum absolute atomic E-state index is 0.0722. The summed E-state index contributed by atoms with van der Waals surface area (Å²) in [6.45, 7) is 6.24. The normalized spacial score (nSPS) is 22.8. The van der Waals surface area contributed by atoms with Gasteiger partial charge < -0.3 is 15.2 Å². The number of benzene rings is 1. The molecular formula is C17H19F4N3O3. The van der Waals surface area contributed by atoms with Crippen LogP contribution >= 0.6 is 0 Å². The Morgan fingerprint density at radius 2 is 2.11 bits per heavy atom. The lowest BCUT2D eigenvalue weighted by atomic mass is 9.96. The van der Waals surface area contributed by atoms with Gasteiger partial charge in [-0.1, -0.05) is 6.07 Å². The molecule has 2 N–H and O–H groups in total. The monoisotopic (exact) mass is 389 g/mol. The molecule has 10 heteroatoms. The molecule has 27 heavy (non-hydrogen) atoms. The third-order valence-electron chi connectivity index (χ3n) is 4.52. The highest BCUT2D eigenvalue weighted by molar-refractivity contribution is 5.73. The number of carbonyl (C=O) groups is 1. The molecule has 148 valence electrons. The molecule has 1 aromatic carbocycles. The molecule has 0 radical (unpaired) electrons. The Morgan fingerprint density at radius 1 is 1.44 bits per heavy atom. The van der Waals surface area contributed by atoms with Gasteiger partial charge in [-0.25, -0.2) is 9.18 Å². The summed E-state index contributed by atoms with van der Waals surface area (Å²) < 4.78 is 51.3. The van der Waals surface area contributed by atoms with Crippen molar-refractivity contribution in [3.05, 3.63) is 34.6 Å². The van der Waals surface area contributed by atoms with Gasteiger partial charge in [0, 0.05) is 32.2 Å². The Balaban J connectivity index is 0.000000321. The highest BCUT2D eigenvalue weighted by Gasteiger charge is 2.38. The second kappa shape index (κ2) is 8.65.